The van der Waals surface area contributed by atoms with Gasteiger partial charge in [0.05, 0.1) is 10.7 Å². The van der Waals surface area contributed by atoms with Crippen LogP contribution in [0.2, 0.25) is 5.02 Å². The second-order valence-corrected chi connectivity index (χ2v) is 6.33. The van der Waals surface area contributed by atoms with E-state index in [0.29, 0.717) is 5.69 Å². The van der Waals surface area contributed by atoms with Gasteiger partial charge >= 0.3 is 0 Å². The number of nitrogens with one attached hydrogen (secondary N) is 2. The molecule has 1 amide bonds. The van der Waals surface area contributed by atoms with Crippen molar-refractivity contribution in [1.82, 2.24) is 0 Å². The van der Waals surface area contributed by atoms with Crippen molar-refractivity contribution >= 4 is 28.9 Å². The quantitative estimate of drug-likeness (QED) is 0.616. The zero-order chi connectivity index (χ0) is 18.5. The largest absolute Gasteiger partial charge is 0.374 e. The molecule has 0 saturated carbocycles. The molecule has 1 unspecified atom stereocenters. The lowest BCUT2D eigenvalue weighted by molar-refractivity contribution is -0.116. The van der Waals surface area contributed by atoms with Crippen LogP contribution in [0.3, 0.4) is 0 Å². The summed E-state index contributed by atoms with van der Waals surface area (Å²) in [5, 5.41) is 6.00. The molecule has 2 N–H and O–H groups in total. The predicted octanol–water partition coefficient (Wildman–Crippen LogP) is 5.59. The van der Waals surface area contributed by atoms with Crippen LogP contribution in [0.15, 0.2) is 72.8 Å². The van der Waals surface area contributed by atoms with Crippen LogP contribution in [-0.2, 0) is 4.79 Å². The molecule has 0 radical (unpaired) electrons. The maximum absolute atomic E-state index is 13.1. The van der Waals surface area contributed by atoms with Crippen molar-refractivity contribution in [2.24, 2.45) is 0 Å². The van der Waals surface area contributed by atoms with Gasteiger partial charge in [-0.15, -0.1) is 0 Å². The minimum absolute atomic E-state index is 0.165. The highest BCUT2D eigenvalue weighted by Gasteiger charge is 2.14. The molecule has 3 aromatic carbocycles. The van der Waals surface area contributed by atoms with Crippen LogP contribution < -0.4 is 10.6 Å². The summed E-state index contributed by atoms with van der Waals surface area (Å²) in [4.78, 5) is 12.3. The topological polar surface area (TPSA) is 41.1 Å². The molecule has 0 aliphatic carbocycles. The highest BCUT2D eigenvalue weighted by molar-refractivity contribution is 6.33. The predicted molar refractivity (Wildman–Crippen MR) is 105 cm³/mol. The number of amides is 1. The van der Waals surface area contributed by atoms with Gasteiger partial charge in [0.1, 0.15) is 11.9 Å². The SMILES string of the molecule is CC(Nc1ccc(-c2ccccc2)cc1)C(=O)Nc1ccc(F)cc1Cl. The Morgan fingerprint density at radius 2 is 1.62 bits per heavy atom. The molecule has 0 aromatic heterocycles. The van der Waals surface area contributed by atoms with E-state index in [1.165, 1.54) is 12.1 Å². The standard InChI is InChI=1S/C21H18ClFN2O/c1-14(21(26)25-20-12-9-17(23)13-19(20)22)24-18-10-7-16(8-11-18)15-5-3-2-4-6-15/h2-14,24H,1H3,(H,25,26). The smallest absolute Gasteiger partial charge is 0.246 e. The Kier molecular flexibility index (Phi) is 5.54. The summed E-state index contributed by atoms with van der Waals surface area (Å²) < 4.78 is 13.1. The summed E-state index contributed by atoms with van der Waals surface area (Å²) >= 11 is 5.94. The molecule has 0 bridgehead atoms. The molecule has 0 aliphatic heterocycles. The molecule has 0 heterocycles. The van der Waals surface area contributed by atoms with E-state index in [1.54, 1.807) is 6.92 Å². The summed E-state index contributed by atoms with van der Waals surface area (Å²) in [6, 6.07) is 21.3. The Labute approximate surface area is 156 Å². The summed E-state index contributed by atoms with van der Waals surface area (Å²) in [5.74, 6) is -0.705. The third-order valence-corrected chi connectivity index (χ3v) is 4.27. The first kappa shape index (κ1) is 18.0. The second-order valence-electron chi connectivity index (χ2n) is 5.92. The molecular weight excluding hydrogens is 351 g/mol. The van der Waals surface area contributed by atoms with Gasteiger partial charge in [-0.2, -0.15) is 0 Å². The third kappa shape index (κ3) is 4.41. The number of benzene rings is 3. The molecule has 0 saturated heterocycles. The van der Waals surface area contributed by atoms with Gasteiger partial charge in [0, 0.05) is 5.69 Å². The maximum Gasteiger partial charge on any atom is 0.246 e. The van der Waals surface area contributed by atoms with E-state index in [0.717, 1.165) is 22.9 Å². The molecule has 0 fully saturated rings. The van der Waals surface area contributed by atoms with E-state index in [2.05, 4.69) is 10.6 Å². The molecule has 3 nitrogen and oxygen atoms in total. The molecule has 132 valence electrons. The van der Waals surface area contributed by atoms with Crippen LogP contribution in [0.1, 0.15) is 6.92 Å². The van der Waals surface area contributed by atoms with Gasteiger partial charge in [0.15, 0.2) is 0 Å². The van der Waals surface area contributed by atoms with Gasteiger partial charge in [0.25, 0.3) is 0 Å². The summed E-state index contributed by atoms with van der Waals surface area (Å²) in [5.41, 5.74) is 3.45. The Hall–Kier alpha value is -2.85. The van der Waals surface area contributed by atoms with Crippen molar-refractivity contribution in [2.45, 2.75) is 13.0 Å². The van der Waals surface area contributed by atoms with E-state index in [-0.39, 0.29) is 10.9 Å². The van der Waals surface area contributed by atoms with Gasteiger partial charge < -0.3 is 10.6 Å². The number of rotatable bonds is 5. The van der Waals surface area contributed by atoms with Crippen molar-refractivity contribution < 1.29 is 9.18 Å². The normalized spacial score (nSPS) is 11.7. The van der Waals surface area contributed by atoms with Crippen molar-refractivity contribution in [3.05, 3.63) is 83.6 Å². The molecule has 5 heteroatoms. The number of hydrogen-bond donors (Lipinski definition) is 2. The van der Waals surface area contributed by atoms with E-state index in [4.69, 9.17) is 11.6 Å². The molecule has 3 aromatic rings. The van der Waals surface area contributed by atoms with Crippen molar-refractivity contribution in [3.8, 4) is 11.1 Å². The monoisotopic (exact) mass is 368 g/mol. The molecule has 0 spiro atoms. The van der Waals surface area contributed by atoms with E-state index in [9.17, 15) is 9.18 Å². The van der Waals surface area contributed by atoms with E-state index in [1.807, 2.05) is 54.6 Å². The highest BCUT2D eigenvalue weighted by Crippen LogP contribution is 2.23. The van der Waals surface area contributed by atoms with Crippen LogP contribution in [0.25, 0.3) is 11.1 Å². The lowest BCUT2D eigenvalue weighted by atomic mass is 10.1. The number of anilines is 2. The van der Waals surface area contributed by atoms with Crippen molar-refractivity contribution in [1.29, 1.82) is 0 Å². The summed E-state index contributed by atoms with van der Waals surface area (Å²) in [6.45, 7) is 1.75. The molecule has 3 rings (SSSR count). The third-order valence-electron chi connectivity index (χ3n) is 3.96. The lowest BCUT2D eigenvalue weighted by Crippen LogP contribution is -2.31. The lowest BCUT2D eigenvalue weighted by Gasteiger charge is -2.16. The average Bonchev–Trinajstić information content (AvgIpc) is 2.65. The van der Waals surface area contributed by atoms with Gasteiger partial charge in [-0.3, -0.25) is 4.79 Å². The fraction of sp³-hybridized carbons (Fsp3) is 0.0952. The first-order valence-corrected chi connectivity index (χ1v) is 8.58. The van der Waals surface area contributed by atoms with E-state index >= 15 is 0 Å². The molecular formula is C21H18ClFN2O. The second kappa shape index (κ2) is 8.02. The first-order valence-electron chi connectivity index (χ1n) is 8.21. The number of carbonyl (C=O) groups excluding carboxylic acids is 1. The molecule has 1 atom stereocenters. The number of hydrogen-bond acceptors (Lipinski definition) is 2. The Balaban J connectivity index is 1.63. The Morgan fingerprint density at radius 3 is 2.27 bits per heavy atom. The van der Waals surface area contributed by atoms with Gasteiger partial charge in [-0.05, 0) is 48.4 Å². The highest BCUT2D eigenvalue weighted by atomic mass is 35.5. The van der Waals surface area contributed by atoms with Crippen LogP contribution in [0.5, 0.6) is 0 Å². The van der Waals surface area contributed by atoms with Crippen LogP contribution >= 0.6 is 11.6 Å². The van der Waals surface area contributed by atoms with Crippen molar-refractivity contribution in [2.75, 3.05) is 10.6 Å². The Bertz CT molecular complexity index is 898. The Morgan fingerprint density at radius 1 is 0.962 bits per heavy atom. The minimum Gasteiger partial charge on any atom is -0.374 e. The van der Waals surface area contributed by atoms with Crippen LogP contribution in [-0.4, -0.2) is 11.9 Å². The van der Waals surface area contributed by atoms with Crippen LogP contribution in [0.4, 0.5) is 15.8 Å². The number of carbonyl (C=O) groups is 1. The van der Waals surface area contributed by atoms with Crippen molar-refractivity contribution in [3.63, 3.8) is 0 Å². The molecule has 26 heavy (non-hydrogen) atoms. The number of halogens is 2. The molecule has 0 aliphatic rings. The fourth-order valence-corrected chi connectivity index (χ4v) is 2.75. The summed E-state index contributed by atoms with van der Waals surface area (Å²) in [7, 11) is 0. The average molecular weight is 369 g/mol. The summed E-state index contributed by atoms with van der Waals surface area (Å²) in [6.07, 6.45) is 0. The zero-order valence-electron chi connectivity index (χ0n) is 14.2. The van der Waals surface area contributed by atoms with Gasteiger partial charge in [0.2, 0.25) is 5.91 Å². The minimum atomic E-state index is -0.487. The first-order chi connectivity index (χ1) is 12.5. The van der Waals surface area contributed by atoms with Gasteiger partial charge in [-0.1, -0.05) is 54.1 Å². The van der Waals surface area contributed by atoms with Crippen LogP contribution in [0, 0.1) is 5.82 Å². The van der Waals surface area contributed by atoms with Gasteiger partial charge in [-0.25, -0.2) is 4.39 Å². The van der Waals surface area contributed by atoms with E-state index < -0.39 is 11.9 Å². The maximum atomic E-state index is 13.1. The zero-order valence-corrected chi connectivity index (χ0v) is 14.9. The fourth-order valence-electron chi connectivity index (χ4n) is 2.54.